The Morgan fingerprint density at radius 2 is 2.64 bits per heavy atom. The molecular weight excluding hydrogens is 162 g/mol. The first kappa shape index (κ1) is 7.69. The first-order valence-corrected chi connectivity index (χ1v) is 3.70. The summed E-state index contributed by atoms with van der Waals surface area (Å²) in [5.74, 6) is 0. The lowest BCUT2D eigenvalue weighted by atomic mass is 10.3. The van der Waals surface area contributed by atoms with Crippen molar-refractivity contribution in [1.29, 1.82) is 5.26 Å². The summed E-state index contributed by atoms with van der Waals surface area (Å²) in [5, 5.41) is 22.0. The Labute approximate surface area is 67.4 Å². The van der Waals surface area contributed by atoms with Gasteiger partial charge in [0.25, 0.3) is 0 Å². The molecule has 5 heteroatoms. The van der Waals surface area contributed by atoms with Crippen molar-refractivity contribution in [3.63, 3.8) is 0 Å². The summed E-state index contributed by atoms with van der Waals surface area (Å²) < 4.78 is 0. The third-order valence-electron chi connectivity index (χ3n) is 1.07. The van der Waals surface area contributed by atoms with Crippen LogP contribution in [0.2, 0.25) is 0 Å². The van der Waals surface area contributed by atoms with Gasteiger partial charge in [0.15, 0.2) is 0 Å². The van der Waals surface area contributed by atoms with E-state index in [2.05, 4.69) is 10.1 Å². The van der Waals surface area contributed by atoms with Crippen LogP contribution in [0.5, 0.6) is 0 Å². The minimum absolute atomic E-state index is 0.0469. The molecule has 56 valence electrons. The van der Waals surface area contributed by atoms with Crippen molar-refractivity contribution < 1.29 is 5.21 Å². The Morgan fingerprint density at radius 1 is 1.91 bits per heavy atom. The van der Waals surface area contributed by atoms with Gasteiger partial charge >= 0.3 is 0 Å². The highest BCUT2D eigenvalue weighted by molar-refractivity contribution is 7.09. The summed E-state index contributed by atoms with van der Waals surface area (Å²) >= 11 is 1.41. The first-order valence-electron chi connectivity index (χ1n) is 2.82. The molecule has 0 saturated carbocycles. The summed E-state index contributed by atoms with van der Waals surface area (Å²) in [6.07, 6.45) is 0. The quantitative estimate of drug-likeness (QED) is 0.387. The van der Waals surface area contributed by atoms with Gasteiger partial charge in [-0.3, -0.25) is 0 Å². The Bertz CT molecular complexity index is 323. The minimum atomic E-state index is -0.0469. The van der Waals surface area contributed by atoms with Crippen LogP contribution < -0.4 is 0 Å². The molecule has 0 unspecified atom stereocenters. The maximum atomic E-state index is 8.41. The number of oxime groups is 1. The van der Waals surface area contributed by atoms with E-state index in [0.717, 1.165) is 5.01 Å². The van der Waals surface area contributed by atoms with E-state index in [1.807, 2.05) is 6.92 Å². The van der Waals surface area contributed by atoms with Gasteiger partial charge in [0.05, 0.1) is 5.01 Å². The van der Waals surface area contributed by atoms with Crippen molar-refractivity contribution in [2.24, 2.45) is 5.16 Å². The van der Waals surface area contributed by atoms with Crippen LogP contribution in [-0.2, 0) is 0 Å². The lowest BCUT2D eigenvalue weighted by molar-refractivity contribution is 0.320. The lowest BCUT2D eigenvalue weighted by Crippen LogP contribution is -1.96. The highest BCUT2D eigenvalue weighted by atomic mass is 32.1. The second kappa shape index (κ2) is 3.12. The fourth-order valence-electron chi connectivity index (χ4n) is 0.603. The second-order valence-corrected chi connectivity index (χ2v) is 2.87. The monoisotopic (exact) mass is 167 g/mol. The molecule has 0 aliphatic carbocycles. The summed E-state index contributed by atoms with van der Waals surface area (Å²) in [6, 6.07) is 1.73. The van der Waals surface area contributed by atoms with Crippen molar-refractivity contribution in [2.75, 3.05) is 0 Å². The maximum Gasteiger partial charge on any atom is 0.205 e. The van der Waals surface area contributed by atoms with Crippen LogP contribution in [0.1, 0.15) is 10.7 Å². The maximum absolute atomic E-state index is 8.41. The van der Waals surface area contributed by atoms with E-state index in [9.17, 15) is 0 Å². The Hall–Kier alpha value is -1.41. The molecule has 1 aromatic rings. The van der Waals surface area contributed by atoms with Gasteiger partial charge in [-0.1, -0.05) is 5.16 Å². The van der Waals surface area contributed by atoms with Crippen LogP contribution in [0.15, 0.2) is 10.5 Å². The molecule has 1 heterocycles. The largest absolute Gasteiger partial charge is 0.410 e. The molecule has 4 nitrogen and oxygen atoms in total. The summed E-state index contributed by atoms with van der Waals surface area (Å²) in [5.41, 5.74) is 0.381. The average Bonchev–Trinajstić information content (AvgIpc) is 2.39. The highest BCUT2D eigenvalue weighted by Crippen LogP contribution is 2.08. The van der Waals surface area contributed by atoms with Crippen molar-refractivity contribution in [3.05, 3.63) is 16.1 Å². The third kappa shape index (κ3) is 1.53. The number of thiazole rings is 1. The van der Waals surface area contributed by atoms with E-state index in [1.54, 1.807) is 11.4 Å². The summed E-state index contributed by atoms with van der Waals surface area (Å²) in [4.78, 5) is 3.96. The predicted molar refractivity (Wildman–Crippen MR) is 40.8 cm³/mol. The van der Waals surface area contributed by atoms with Gasteiger partial charge < -0.3 is 5.21 Å². The standard InChI is InChI=1S/C6H5N3OS/c1-4-8-6(3-11-4)5(2-7)9-10/h3,10H,1H3/b9-5-. The van der Waals surface area contributed by atoms with Crippen LogP contribution in [-0.4, -0.2) is 15.9 Å². The topological polar surface area (TPSA) is 69.3 Å². The van der Waals surface area contributed by atoms with Gasteiger partial charge in [-0.15, -0.1) is 11.3 Å². The van der Waals surface area contributed by atoms with Crippen LogP contribution in [0.4, 0.5) is 0 Å². The Balaban J connectivity index is 3.03. The summed E-state index contributed by atoms with van der Waals surface area (Å²) in [7, 11) is 0. The first-order chi connectivity index (χ1) is 5.27. The number of hydrogen-bond acceptors (Lipinski definition) is 5. The lowest BCUT2D eigenvalue weighted by Gasteiger charge is -1.84. The van der Waals surface area contributed by atoms with E-state index in [1.165, 1.54) is 11.3 Å². The molecule has 0 aliphatic rings. The molecule has 0 amide bonds. The van der Waals surface area contributed by atoms with Gasteiger partial charge in [0, 0.05) is 5.38 Å². The minimum Gasteiger partial charge on any atom is -0.410 e. The number of nitrogens with zero attached hydrogens (tertiary/aromatic N) is 3. The number of rotatable bonds is 1. The SMILES string of the molecule is Cc1nc(/C(C#N)=N\O)cs1. The van der Waals surface area contributed by atoms with Crippen LogP contribution in [0, 0.1) is 18.3 Å². The van der Waals surface area contributed by atoms with E-state index < -0.39 is 0 Å². The average molecular weight is 167 g/mol. The van der Waals surface area contributed by atoms with E-state index in [-0.39, 0.29) is 5.71 Å². The van der Waals surface area contributed by atoms with Gasteiger partial charge in [-0.25, -0.2) is 4.98 Å². The molecule has 0 atom stereocenters. The zero-order valence-electron chi connectivity index (χ0n) is 5.77. The van der Waals surface area contributed by atoms with E-state index in [4.69, 9.17) is 10.5 Å². The fourth-order valence-corrected chi connectivity index (χ4v) is 1.20. The molecule has 0 aromatic carbocycles. The number of aromatic nitrogens is 1. The predicted octanol–water partition coefficient (Wildman–Crippen LogP) is 1.15. The Morgan fingerprint density at radius 3 is 3.00 bits per heavy atom. The number of hydrogen-bond donors (Lipinski definition) is 1. The molecule has 1 rings (SSSR count). The molecule has 0 fully saturated rings. The fraction of sp³-hybridized carbons (Fsp3) is 0.167. The normalized spacial score (nSPS) is 11.1. The molecular formula is C6H5N3OS. The van der Waals surface area contributed by atoms with Crippen molar-refractivity contribution in [3.8, 4) is 6.07 Å². The molecule has 11 heavy (non-hydrogen) atoms. The highest BCUT2D eigenvalue weighted by Gasteiger charge is 2.05. The van der Waals surface area contributed by atoms with E-state index >= 15 is 0 Å². The molecule has 1 N–H and O–H groups in total. The molecule has 0 saturated heterocycles. The smallest absolute Gasteiger partial charge is 0.205 e. The van der Waals surface area contributed by atoms with Crippen LogP contribution >= 0.6 is 11.3 Å². The van der Waals surface area contributed by atoms with Gasteiger partial charge in [-0.2, -0.15) is 5.26 Å². The Kier molecular flexibility index (Phi) is 2.18. The summed E-state index contributed by atoms with van der Waals surface area (Å²) in [6.45, 7) is 1.82. The second-order valence-electron chi connectivity index (χ2n) is 1.81. The molecule has 0 bridgehead atoms. The third-order valence-corrected chi connectivity index (χ3v) is 1.84. The molecule has 0 spiro atoms. The molecule has 1 aromatic heterocycles. The van der Waals surface area contributed by atoms with Gasteiger partial charge in [0.1, 0.15) is 11.8 Å². The van der Waals surface area contributed by atoms with Gasteiger partial charge in [0.2, 0.25) is 5.71 Å². The molecule has 0 aliphatic heterocycles. The zero-order chi connectivity index (χ0) is 8.27. The zero-order valence-corrected chi connectivity index (χ0v) is 6.59. The number of aryl methyl sites for hydroxylation is 1. The van der Waals surface area contributed by atoms with Gasteiger partial charge in [-0.05, 0) is 6.92 Å². The molecule has 0 radical (unpaired) electrons. The van der Waals surface area contributed by atoms with Crippen molar-refractivity contribution in [2.45, 2.75) is 6.92 Å². The number of nitriles is 1. The van der Waals surface area contributed by atoms with E-state index in [0.29, 0.717) is 5.69 Å². The van der Waals surface area contributed by atoms with Crippen LogP contribution in [0.25, 0.3) is 0 Å². The van der Waals surface area contributed by atoms with Crippen molar-refractivity contribution in [1.82, 2.24) is 4.98 Å². The van der Waals surface area contributed by atoms with Crippen molar-refractivity contribution >= 4 is 17.0 Å². The van der Waals surface area contributed by atoms with Crippen LogP contribution in [0.3, 0.4) is 0 Å².